The van der Waals surface area contributed by atoms with Crippen LogP contribution in [0.2, 0.25) is 0 Å². The van der Waals surface area contributed by atoms with E-state index < -0.39 is 0 Å². The number of benzene rings is 1. The van der Waals surface area contributed by atoms with Gasteiger partial charge in [0.05, 0.1) is 6.10 Å². The second kappa shape index (κ2) is 6.51. The molecule has 0 fully saturated rings. The van der Waals surface area contributed by atoms with Gasteiger partial charge in [-0.15, -0.1) is 0 Å². The molecular weight excluding hydrogens is 279 g/mol. The Bertz CT molecular complexity index is 319. The molecule has 84 valence electrons. The van der Waals surface area contributed by atoms with E-state index in [1.165, 1.54) is 12.1 Å². The Kier molecular flexibility index (Phi) is 5.64. The molecule has 1 N–H and O–H groups in total. The number of thioether (sulfide) groups is 1. The Hall–Kier alpha value is -0.0600. The molecule has 1 aromatic rings. The average Bonchev–Trinajstić information content (AvgIpc) is 2.19. The predicted molar refractivity (Wildman–Crippen MR) is 66.8 cm³/mol. The zero-order valence-corrected chi connectivity index (χ0v) is 10.9. The molecule has 1 nitrogen and oxygen atoms in total. The highest BCUT2D eigenvalue weighted by molar-refractivity contribution is 9.10. The molecule has 0 heterocycles. The molecular formula is C11H14BrFOS. The third-order valence-corrected chi connectivity index (χ3v) is 3.75. The van der Waals surface area contributed by atoms with Gasteiger partial charge in [-0.05, 0) is 23.4 Å². The van der Waals surface area contributed by atoms with Crippen LogP contribution in [0.1, 0.15) is 12.5 Å². The van der Waals surface area contributed by atoms with Crippen LogP contribution in [0.3, 0.4) is 0 Å². The van der Waals surface area contributed by atoms with E-state index in [9.17, 15) is 9.50 Å². The van der Waals surface area contributed by atoms with Gasteiger partial charge in [-0.3, -0.25) is 0 Å². The third kappa shape index (κ3) is 4.53. The molecule has 0 spiro atoms. The van der Waals surface area contributed by atoms with E-state index in [-0.39, 0.29) is 11.9 Å². The SMILES string of the molecule is CCSCC(O)Cc1ccc(F)cc1Br. The summed E-state index contributed by atoms with van der Waals surface area (Å²) >= 11 is 4.99. The molecule has 1 unspecified atom stereocenters. The number of hydrogen-bond donors (Lipinski definition) is 1. The third-order valence-electron chi connectivity index (χ3n) is 1.99. The maximum atomic E-state index is 12.8. The van der Waals surface area contributed by atoms with Crippen LogP contribution in [-0.2, 0) is 6.42 Å². The Labute approximate surface area is 102 Å². The largest absolute Gasteiger partial charge is 0.392 e. The lowest BCUT2D eigenvalue weighted by molar-refractivity contribution is 0.200. The van der Waals surface area contributed by atoms with Gasteiger partial charge in [-0.25, -0.2) is 4.39 Å². The highest BCUT2D eigenvalue weighted by Gasteiger charge is 2.08. The highest BCUT2D eigenvalue weighted by atomic mass is 79.9. The van der Waals surface area contributed by atoms with E-state index in [2.05, 4.69) is 22.9 Å². The second-order valence-electron chi connectivity index (χ2n) is 3.25. The fraction of sp³-hybridized carbons (Fsp3) is 0.455. The smallest absolute Gasteiger partial charge is 0.124 e. The summed E-state index contributed by atoms with van der Waals surface area (Å²) in [5.41, 5.74) is 0.945. The lowest BCUT2D eigenvalue weighted by atomic mass is 10.1. The van der Waals surface area contributed by atoms with Crippen molar-refractivity contribution in [2.24, 2.45) is 0 Å². The molecule has 0 aliphatic carbocycles. The van der Waals surface area contributed by atoms with Gasteiger partial charge in [0.15, 0.2) is 0 Å². The lowest BCUT2D eigenvalue weighted by Crippen LogP contribution is -2.14. The molecule has 0 saturated carbocycles. The summed E-state index contributed by atoms with van der Waals surface area (Å²) in [4.78, 5) is 0. The molecule has 0 amide bonds. The van der Waals surface area contributed by atoms with Crippen molar-refractivity contribution in [3.8, 4) is 0 Å². The van der Waals surface area contributed by atoms with E-state index in [0.717, 1.165) is 21.5 Å². The minimum Gasteiger partial charge on any atom is -0.392 e. The zero-order chi connectivity index (χ0) is 11.3. The summed E-state index contributed by atoms with van der Waals surface area (Å²) in [5, 5.41) is 9.69. The molecule has 1 aromatic carbocycles. The van der Waals surface area contributed by atoms with Crippen molar-refractivity contribution in [1.82, 2.24) is 0 Å². The average molecular weight is 293 g/mol. The van der Waals surface area contributed by atoms with Crippen molar-refractivity contribution in [1.29, 1.82) is 0 Å². The van der Waals surface area contributed by atoms with Gasteiger partial charge in [-0.1, -0.05) is 28.9 Å². The summed E-state index contributed by atoms with van der Waals surface area (Å²) in [6.45, 7) is 2.06. The Morgan fingerprint density at radius 3 is 2.87 bits per heavy atom. The monoisotopic (exact) mass is 292 g/mol. The van der Waals surface area contributed by atoms with Crippen molar-refractivity contribution < 1.29 is 9.50 Å². The standard InChI is InChI=1S/C11H14BrFOS/c1-2-15-7-10(14)5-8-3-4-9(13)6-11(8)12/h3-4,6,10,14H,2,5,7H2,1H3. The molecule has 0 aromatic heterocycles. The van der Waals surface area contributed by atoms with Gasteiger partial charge in [-0.2, -0.15) is 11.8 Å². The normalized spacial score (nSPS) is 12.8. The summed E-state index contributed by atoms with van der Waals surface area (Å²) < 4.78 is 13.5. The van der Waals surface area contributed by atoms with Crippen LogP contribution in [0.5, 0.6) is 0 Å². The van der Waals surface area contributed by atoms with Gasteiger partial charge in [0.1, 0.15) is 5.82 Å². The molecule has 1 atom stereocenters. The Morgan fingerprint density at radius 1 is 1.53 bits per heavy atom. The first-order chi connectivity index (χ1) is 7.13. The maximum absolute atomic E-state index is 12.8. The van der Waals surface area contributed by atoms with Crippen molar-refractivity contribution in [2.45, 2.75) is 19.4 Å². The Balaban J connectivity index is 2.56. The molecule has 0 aliphatic heterocycles. The topological polar surface area (TPSA) is 20.2 Å². The molecule has 0 saturated heterocycles. The number of aliphatic hydroxyl groups is 1. The molecule has 0 bridgehead atoms. The van der Waals surface area contributed by atoms with Gasteiger partial charge in [0.25, 0.3) is 0 Å². The van der Waals surface area contributed by atoms with Crippen molar-refractivity contribution in [3.05, 3.63) is 34.1 Å². The van der Waals surface area contributed by atoms with Crippen LogP contribution < -0.4 is 0 Å². The predicted octanol–water partition coefficient (Wildman–Crippen LogP) is 3.24. The minimum absolute atomic E-state index is 0.261. The van der Waals surface area contributed by atoms with Crippen LogP contribution in [0.25, 0.3) is 0 Å². The van der Waals surface area contributed by atoms with E-state index in [1.54, 1.807) is 17.8 Å². The second-order valence-corrected chi connectivity index (χ2v) is 5.43. The number of halogens is 2. The zero-order valence-electron chi connectivity index (χ0n) is 8.54. The van der Waals surface area contributed by atoms with E-state index >= 15 is 0 Å². The summed E-state index contributed by atoms with van der Waals surface area (Å²) in [6.07, 6.45) is 0.199. The van der Waals surface area contributed by atoms with E-state index in [4.69, 9.17) is 0 Å². The molecule has 1 rings (SSSR count). The van der Waals surface area contributed by atoms with Crippen LogP contribution in [0, 0.1) is 5.82 Å². The van der Waals surface area contributed by atoms with Crippen LogP contribution in [0.15, 0.2) is 22.7 Å². The minimum atomic E-state index is -0.364. The molecule has 4 heteroatoms. The first-order valence-electron chi connectivity index (χ1n) is 4.83. The van der Waals surface area contributed by atoms with Crippen LogP contribution in [0.4, 0.5) is 4.39 Å². The van der Waals surface area contributed by atoms with Crippen molar-refractivity contribution in [3.63, 3.8) is 0 Å². The number of rotatable bonds is 5. The first kappa shape index (κ1) is 13.0. The van der Waals surface area contributed by atoms with Gasteiger partial charge in [0, 0.05) is 16.6 Å². The lowest BCUT2D eigenvalue weighted by Gasteiger charge is -2.11. The van der Waals surface area contributed by atoms with Gasteiger partial charge in [0.2, 0.25) is 0 Å². The van der Waals surface area contributed by atoms with Gasteiger partial charge >= 0.3 is 0 Å². The molecule has 15 heavy (non-hydrogen) atoms. The molecule has 0 aliphatic rings. The van der Waals surface area contributed by atoms with E-state index in [0.29, 0.717) is 6.42 Å². The van der Waals surface area contributed by atoms with Crippen LogP contribution in [-0.4, -0.2) is 22.7 Å². The van der Waals surface area contributed by atoms with E-state index in [1.807, 2.05) is 0 Å². The fourth-order valence-corrected chi connectivity index (χ4v) is 2.39. The highest BCUT2D eigenvalue weighted by Crippen LogP contribution is 2.20. The van der Waals surface area contributed by atoms with Gasteiger partial charge < -0.3 is 5.11 Å². The molecule has 0 radical (unpaired) electrons. The summed E-state index contributed by atoms with van der Waals surface area (Å²) in [7, 11) is 0. The summed E-state index contributed by atoms with van der Waals surface area (Å²) in [6, 6.07) is 4.55. The summed E-state index contributed by atoms with van der Waals surface area (Å²) in [5.74, 6) is 1.46. The quantitative estimate of drug-likeness (QED) is 0.899. The van der Waals surface area contributed by atoms with Crippen molar-refractivity contribution >= 4 is 27.7 Å². The Morgan fingerprint density at radius 2 is 2.27 bits per heavy atom. The van der Waals surface area contributed by atoms with Crippen molar-refractivity contribution in [2.75, 3.05) is 11.5 Å². The van der Waals surface area contributed by atoms with Crippen LogP contribution >= 0.6 is 27.7 Å². The maximum Gasteiger partial charge on any atom is 0.124 e. The number of hydrogen-bond acceptors (Lipinski definition) is 2. The number of aliphatic hydroxyl groups excluding tert-OH is 1. The first-order valence-corrected chi connectivity index (χ1v) is 6.78. The fourth-order valence-electron chi connectivity index (χ4n) is 1.25.